The Morgan fingerprint density at radius 1 is 0.730 bits per heavy atom. The minimum Gasteiger partial charge on any atom is -0.351 e. The Kier molecular flexibility index (Phi) is 9.50. The number of nitrogens with one attached hydrogen (secondary N) is 1. The molecule has 0 aromatic heterocycles. The van der Waals surface area contributed by atoms with Gasteiger partial charge in [-0.3, -0.25) is 14.5 Å². The van der Waals surface area contributed by atoms with Crippen LogP contribution in [0.4, 0.5) is 0 Å². The van der Waals surface area contributed by atoms with Gasteiger partial charge in [-0.1, -0.05) is 90.1 Å². The van der Waals surface area contributed by atoms with Crippen molar-refractivity contribution in [3.8, 4) is 0 Å². The highest BCUT2D eigenvalue weighted by Gasteiger charge is 2.19. The maximum atomic E-state index is 12.6. The molecule has 1 fully saturated rings. The van der Waals surface area contributed by atoms with Crippen LogP contribution in [0, 0.1) is 0 Å². The lowest BCUT2D eigenvalue weighted by molar-refractivity contribution is -0.127. The number of rotatable bonds is 7. The number of piperazine rings is 1. The summed E-state index contributed by atoms with van der Waals surface area (Å²) in [7, 11) is 0. The van der Waals surface area contributed by atoms with E-state index in [1.54, 1.807) is 12.2 Å². The summed E-state index contributed by atoms with van der Waals surface area (Å²) in [5.74, 6) is -0.0390. The highest BCUT2D eigenvalue weighted by atomic mass is 16.2. The Hall–Kier alpha value is -3.18. The van der Waals surface area contributed by atoms with E-state index in [4.69, 9.17) is 0 Å². The minimum atomic E-state index is -0.0885. The molecule has 37 heavy (non-hydrogen) atoms. The van der Waals surface area contributed by atoms with Crippen LogP contribution in [0.3, 0.4) is 0 Å². The average Bonchev–Trinajstić information content (AvgIpc) is 2.86. The van der Waals surface area contributed by atoms with Crippen molar-refractivity contribution >= 4 is 24.0 Å². The van der Waals surface area contributed by atoms with Gasteiger partial charge in [0.15, 0.2) is 0 Å². The zero-order valence-electron chi connectivity index (χ0n) is 23.4. The fourth-order valence-corrected chi connectivity index (χ4v) is 4.22. The van der Waals surface area contributed by atoms with Gasteiger partial charge in [0, 0.05) is 51.4 Å². The van der Waals surface area contributed by atoms with E-state index in [0.717, 1.165) is 30.8 Å². The summed E-state index contributed by atoms with van der Waals surface area (Å²) < 4.78 is 0. The fraction of sp³-hybridized carbons (Fsp3) is 0.438. The van der Waals surface area contributed by atoms with Crippen molar-refractivity contribution < 1.29 is 9.59 Å². The Morgan fingerprint density at radius 3 is 1.65 bits per heavy atom. The molecule has 1 aliphatic rings. The predicted molar refractivity (Wildman–Crippen MR) is 154 cm³/mol. The van der Waals surface area contributed by atoms with Crippen LogP contribution in [0.15, 0.2) is 60.7 Å². The first-order valence-corrected chi connectivity index (χ1v) is 13.3. The van der Waals surface area contributed by atoms with Crippen LogP contribution < -0.4 is 5.32 Å². The Balaban J connectivity index is 1.36. The van der Waals surface area contributed by atoms with Gasteiger partial charge in [0.2, 0.25) is 11.8 Å². The molecule has 198 valence electrons. The Labute approximate surface area is 223 Å². The number of hydrogen-bond acceptors (Lipinski definition) is 3. The molecule has 1 N–H and O–H groups in total. The molecule has 2 aromatic rings. The molecule has 0 aliphatic carbocycles. The lowest BCUT2D eigenvalue weighted by Crippen LogP contribution is -2.49. The zero-order valence-corrected chi connectivity index (χ0v) is 23.4. The number of carbonyl (C=O) groups is 2. The maximum absolute atomic E-state index is 12.6. The van der Waals surface area contributed by atoms with Crippen LogP contribution in [0.2, 0.25) is 0 Å². The lowest BCUT2D eigenvalue weighted by Gasteiger charge is -2.34. The number of hydrogen-bond donors (Lipinski definition) is 1. The second-order valence-electron chi connectivity index (χ2n) is 11.9. The van der Waals surface area contributed by atoms with Gasteiger partial charge in [-0.15, -0.1) is 0 Å². The molecule has 0 saturated carbocycles. The third kappa shape index (κ3) is 9.01. The second-order valence-corrected chi connectivity index (χ2v) is 11.9. The topological polar surface area (TPSA) is 52.7 Å². The van der Waals surface area contributed by atoms with Gasteiger partial charge in [-0.05, 0) is 45.2 Å². The summed E-state index contributed by atoms with van der Waals surface area (Å²) in [6, 6.07) is 16.7. The maximum Gasteiger partial charge on any atom is 0.246 e. The van der Waals surface area contributed by atoms with Crippen LogP contribution in [0.5, 0.6) is 0 Å². The smallest absolute Gasteiger partial charge is 0.246 e. The van der Waals surface area contributed by atoms with Gasteiger partial charge < -0.3 is 10.2 Å². The first-order chi connectivity index (χ1) is 17.4. The molecule has 1 heterocycles. The molecule has 0 bridgehead atoms. The summed E-state index contributed by atoms with van der Waals surface area (Å²) >= 11 is 0. The largest absolute Gasteiger partial charge is 0.351 e. The number of nitrogens with zero attached hydrogens (tertiary/aromatic N) is 2. The van der Waals surface area contributed by atoms with Gasteiger partial charge in [0.05, 0.1) is 0 Å². The van der Waals surface area contributed by atoms with Gasteiger partial charge in [0.1, 0.15) is 0 Å². The fourth-order valence-electron chi connectivity index (χ4n) is 4.22. The minimum absolute atomic E-state index is 0.0496. The van der Waals surface area contributed by atoms with E-state index in [9.17, 15) is 9.59 Å². The van der Waals surface area contributed by atoms with E-state index in [1.807, 2.05) is 29.2 Å². The molecular formula is C32H43N3O2. The van der Waals surface area contributed by atoms with Gasteiger partial charge in [0.25, 0.3) is 0 Å². The lowest BCUT2D eigenvalue weighted by atomic mass is 9.87. The van der Waals surface area contributed by atoms with E-state index >= 15 is 0 Å². The second kappa shape index (κ2) is 12.4. The third-order valence-corrected chi connectivity index (χ3v) is 6.81. The van der Waals surface area contributed by atoms with E-state index < -0.39 is 0 Å². The molecule has 1 saturated heterocycles. The molecule has 3 rings (SSSR count). The third-order valence-electron chi connectivity index (χ3n) is 6.81. The first kappa shape index (κ1) is 28.4. The SMILES string of the molecule is CC(C)(C)c1ccc(/C=C/C(=O)NCCN2CCN(C(=O)/C=C/c3ccc(C(C)(C)C)cc3)CC2)cc1. The number of benzene rings is 2. The van der Waals surface area contributed by atoms with Gasteiger partial charge in [-0.2, -0.15) is 0 Å². The van der Waals surface area contributed by atoms with E-state index in [1.165, 1.54) is 11.1 Å². The quantitative estimate of drug-likeness (QED) is 0.526. The van der Waals surface area contributed by atoms with E-state index in [0.29, 0.717) is 19.6 Å². The zero-order chi connectivity index (χ0) is 27.1. The van der Waals surface area contributed by atoms with Crippen molar-refractivity contribution in [2.24, 2.45) is 0 Å². The standard InChI is InChI=1S/C32H43N3O2/c1-31(2,3)27-13-7-25(8-14-27)11-17-29(36)33-19-20-34-21-23-35(24-22-34)30(37)18-12-26-9-15-28(16-10-26)32(4,5)6/h7-18H,19-24H2,1-6H3,(H,33,36)/b17-11+,18-12+. The molecule has 0 atom stereocenters. The molecule has 5 nitrogen and oxygen atoms in total. The molecular weight excluding hydrogens is 458 g/mol. The summed E-state index contributed by atoms with van der Waals surface area (Å²) in [5, 5.41) is 2.96. The van der Waals surface area contributed by atoms with E-state index in [2.05, 4.69) is 88.2 Å². The van der Waals surface area contributed by atoms with Crippen LogP contribution >= 0.6 is 0 Å². The summed E-state index contributed by atoms with van der Waals surface area (Å²) in [6.45, 7) is 17.5. The van der Waals surface area contributed by atoms with Crippen LogP contribution in [0.1, 0.15) is 63.8 Å². The van der Waals surface area contributed by atoms with Crippen molar-refractivity contribution in [1.29, 1.82) is 0 Å². The first-order valence-electron chi connectivity index (χ1n) is 13.3. The van der Waals surface area contributed by atoms with Gasteiger partial charge >= 0.3 is 0 Å². The van der Waals surface area contributed by atoms with Crippen molar-refractivity contribution in [1.82, 2.24) is 15.1 Å². The monoisotopic (exact) mass is 501 g/mol. The van der Waals surface area contributed by atoms with Crippen molar-refractivity contribution in [2.75, 3.05) is 39.3 Å². The Morgan fingerprint density at radius 2 is 1.19 bits per heavy atom. The molecule has 5 heteroatoms. The number of amides is 2. The number of carbonyl (C=O) groups excluding carboxylic acids is 2. The average molecular weight is 502 g/mol. The molecule has 2 aromatic carbocycles. The summed E-state index contributed by atoms with van der Waals surface area (Å²) in [5.41, 5.74) is 4.85. The van der Waals surface area contributed by atoms with E-state index in [-0.39, 0.29) is 22.6 Å². The molecule has 0 spiro atoms. The molecule has 0 unspecified atom stereocenters. The Bertz CT molecular complexity index is 1090. The van der Waals surface area contributed by atoms with Crippen molar-refractivity contribution in [2.45, 2.75) is 52.4 Å². The normalized spacial score (nSPS) is 15.5. The predicted octanol–water partition coefficient (Wildman–Crippen LogP) is 5.27. The highest BCUT2D eigenvalue weighted by Crippen LogP contribution is 2.23. The summed E-state index contributed by atoms with van der Waals surface area (Å²) in [6.07, 6.45) is 7.00. The van der Waals surface area contributed by atoms with Gasteiger partial charge in [-0.25, -0.2) is 0 Å². The van der Waals surface area contributed by atoms with Crippen molar-refractivity contribution in [3.63, 3.8) is 0 Å². The molecule has 1 aliphatic heterocycles. The highest BCUT2D eigenvalue weighted by molar-refractivity contribution is 5.92. The molecule has 2 amide bonds. The van der Waals surface area contributed by atoms with Crippen molar-refractivity contribution in [3.05, 3.63) is 82.9 Å². The van der Waals surface area contributed by atoms with Crippen LogP contribution in [-0.4, -0.2) is 60.9 Å². The van der Waals surface area contributed by atoms with Crippen LogP contribution in [0.25, 0.3) is 12.2 Å². The summed E-state index contributed by atoms with van der Waals surface area (Å²) in [4.78, 5) is 29.0. The van der Waals surface area contributed by atoms with Crippen LogP contribution in [-0.2, 0) is 20.4 Å². The molecule has 0 radical (unpaired) electrons.